The number of H-pyrrole nitrogens is 1. The van der Waals surface area contributed by atoms with E-state index in [1.54, 1.807) is 0 Å². The van der Waals surface area contributed by atoms with Crippen molar-refractivity contribution in [1.29, 1.82) is 0 Å². The summed E-state index contributed by atoms with van der Waals surface area (Å²) in [5.74, 6) is 0. The van der Waals surface area contributed by atoms with E-state index in [0.29, 0.717) is 10.2 Å². The zero-order valence-corrected chi connectivity index (χ0v) is 14.3. The number of nitrogens with zero attached hydrogens (tertiary/aromatic N) is 1. The highest BCUT2D eigenvalue weighted by Crippen LogP contribution is 2.18. The second-order valence-corrected chi connectivity index (χ2v) is 12.5. The minimum atomic E-state index is -1.45. The van der Waals surface area contributed by atoms with E-state index in [4.69, 9.17) is 4.74 Å². The van der Waals surface area contributed by atoms with Crippen LogP contribution in [-0.2, 0) is 11.5 Å². The lowest BCUT2D eigenvalue weighted by Gasteiger charge is -2.25. The van der Waals surface area contributed by atoms with Gasteiger partial charge in [-0.25, -0.2) is 9.36 Å². The van der Waals surface area contributed by atoms with Gasteiger partial charge in [-0.1, -0.05) is 19.6 Å². The summed E-state index contributed by atoms with van der Waals surface area (Å²) in [4.78, 5) is 27.7. The highest BCUT2D eigenvalue weighted by molar-refractivity contribution is 7.16. The quantitative estimate of drug-likeness (QED) is 0.881. The van der Waals surface area contributed by atoms with Gasteiger partial charge in [-0.05, 0) is 24.8 Å². The van der Waals surface area contributed by atoms with E-state index in [2.05, 4.69) is 24.6 Å². The van der Waals surface area contributed by atoms with Crippen LogP contribution in [0.4, 0.5) is 0 Å². The van der Waals surface area contributed by atoms with Crippen LogP contribution in [0.2, 0.25) is 19.6 Å². The first-order valence-electron chi connectivity index (χ1n) is 6.54. The molecule has 20 heavy (non-hydrogen) atoms. The van der Waals surface area contributed by atoms with Crippen molar-refractivity contribution >= 4 is 29.6 Å². The molecule has 0 aromatic carbocycles. The third kappa shape index (κ3) is 2.79. The zero-order chi connectivity index (χ0) is 15.1. The lowest BCUT2D eigenvalue weighted by Crippen LogP contribution is -2.42. The number of hydrogen-bond acceptors (Lipinski definition) is 4. The van der Waals surface area contributed by atoms with Crippen LogP contribution in [0.1, 0.15) is 12.5 Å². The molecular formula is C13H20N2O3SSi. The van der Waals surface area contributed by atoms with Crippen LogP contribution in [0.25, 0.3) is 10.2 Å². The summed E-state index contributed by atoms with van der Waals surface area (Å²) in [7, 11) is -1.45. The molecule has 0 spiro atoms. The van der Waals surface area contributed by atoms with Crippen molar-refractivity contribution in [3.05, 3.63) is 31.8 Å². The van der Waals surface area contributed by atoms with Crippen LogP contribution in [-0.4, -0.2) is 23.4 Å². The SMILES string of the molecule is Cc1csc2[nH]c(=O)n(COC(C)[Si](C)(C)C)c(=O)c12. The van der Waals surface area contributed by atoms with Crippen molar-refractivity contribution < 1.29 is 4.74 Å². The average molecular weight is 312 g/mol. The molecule has 0 bridgehead atoms. The first-order valence-corrected chi connectivity index (χ1v) is 11.0. The molecule has 110 valence electrons. The summed E-state index contributed by atoms with van der Waals surface area (Å²) in [6.45, 7) is 10.4. The molecule has 0 radical (unpaired) electrons. The summed E-state index contributed by atoms with van der Waals surface area (Å²) in [5.41, 5.74) is 0.281. The van der Waals surface area contributed by atoms with Gasteiger partial charge in [-0.2, -0.15) is 0 Å². The standard InChI is InChI=1S/C13H20N2O3SSi/c1-8-6-19-11-10(8)12(16)15(13(17)14-11)7-18-9(2)20(3,4)5/h6,9H,7H2,1-5H3,(H,14,17). The monoisotopic (exact) mass is 312 g/mol. The smallest absolute Gasteiger partial charge is 0.331 e. The lowest BCUT2D eigenvalue weighted by molar-refractivity contribution is 0.0521. The summed E-state index contributed by atoms with van der Waals surface area (Å²) < 4.78 is 6.87. The second-order valence-electron chi connectivity index (χ2n) is 6.09. The highest BCUT2D eigenvalue weighted by Gasteiger charge is 2.23. The molecule has 1 atom stereocenters. The van der Waals surface area contributed by atoms with Crippen LogP contribution >= 0.6 is 11.3 Å². The Morgan fingerprint density at radius 1 is 1.40 bits per heavy atom. The molecule has 0 saturated carbocycles. The summed E-state index contributed by atoms with van der Waals surface area (Å²) in [5, 5.41) is 2.46. The number of hydrogen-bond donors (Lipinski definition) is 1. The molecule has 0 saturated heterocycles. The molecule has 2 heterocycles. The summed E-state index contributed by atoms with van der Waals surface area (Å²) >= 11 is 1.38. The molecule has 0 aliphatic rings. The van der Waals surface area contributed by atoms with Gasteiger partial charge in [-0.15, -0.1) is 11.3 Å². The van der Waals surface area contributed by atoms with Crippen LogP contribution < -0.4 is 11.2 Å². The number of rotatable bonds is 4. The Balaban J connectivity index is 2.38. The molecule has 0 aliphatic carbocycles. The van der Waals surface area contributed by atoms with Gasteiger partial charge in [0.2, 0.25) is 0 Å². The van der Waals surface area contributed by atoms with E-state index in [9.17, 15) is 9.59 Å². The van der Waals surface area contributed by atoms with Gasteiger partial charge in [0.05, 0.1) is 13.5 Å². The van der Waals surface area contributed by atoms with Crippen molar-refractivity contribution in [2.45, 2.75) is 45.9 Å². The third-order valence-corrected chi connectivity index (χ3v) is 7.19. The molecular weight excluding hydrogens is 292 g/mol. The molecule has 5 nitrogen and oxygen atoms in total. The summed E-state index contributed by atoms with van der Waals surface area (Å²) in [6.07, 6.45) is 0. The van der Waals surface area contributed by atoms with Crippen molar-refractivity contribution in [2.75, 3.05) is 0 Å². The Morgan fingerprint density at radius 2 is 2.05 bits per heavy atom. The van der Waals surface area contributed by atoms with Crippen molar-refractivity contribution in [3.63, 3.8) is 0 Å². The maximum Gasteiger partial charge on any atom is 0.331 e. The molecule has 7 heteroatoms. The molecule has 1 unspecified atom stereocenters. The van der Waals surface area contributed by atoms with Gasteiger partial charge in [0.25, 0.3) is 5.56 Å². The fourth-order valence-electron chi connectivity index (χ4n) is 1.75. The van der Waals surface area contributed by atoms with E-state index >= 15 is 0 Å². The number of fused-ring (bicyclic) bond motifs is 1. The molecule has 1 N–H and O–H groups in total. The van der Waals surface area contributed by atoms with Gasteiger partial charge in [0, 0.05) is 5.73 Å². The molecule has 2 aromatic rings. The molecule has 0 fully saturated rings. The minimum Gasteiger partial charge on any atom is -0.361 e. The van der Waals surface area contributed by atoms with E-state index in [1.165, 1.54) is 11.3 Å². The van der Waals surface area contributed by atoms with Crippen molar-refractivity contribution in [1.82, 2.24) is 9.55 Å². The van der Waals surface area contributed by atoms with Gasteiger partial charge in [0.1, 0.15) is 11.6 Å². The van der Waals surface area contributed by atoms with Crippen LogP contribution in [0.15, 0.2) is 15.0 Å². The minimum absolute atomic E-state index is 0.00479. The Hall–Kier alpha value is -1.18. The van der Waals surface area contributed by atoms with Crippen molar-refractivity contribution in [3.8, 4) is 0 Å². The Labute approximate surface area is 122 Å². The number of aryl methyl sites for hydroxylation is 1. The largest absolute Gasteiger partial charge is 0.361 e. The van der Waals surface area contributed by atoms with Crippen molar-refractivity contribution in [2.24, 2.45) is 0 Å². The van der Waals surface area contributed by atoms with E-state index in [1.807, 2.05) is 19.2 Å². The van der Waals surface area contributed by atoms with E-state index in [0.717, 1.165) is 10.1 Å². The Kier molecular flexibility index (Phi) is 4.04. The van der Waals surface area contributed by atoms with Gasteiger partial charge < -0.3 is 4.74 Å². The van der Waals surface area contributed by atoms with Gasteiger partial charge in [-0.3, -0.25) is 9.78 Å². The van der Waals surface area contributed by atoms with E-state index in [-0.39, 0.29) is 18.0 Å². The number of thiophene rings is 1. The Bertz CT molecular complexity index is 739. The molecule has 2 rings (SSSR count). The third-order valence-electron chi connectivity index (χ3n) is 3.57. The normalized spacial score (nSPS) is 13.8. The lowest BCUT2D eigenvalue weighted by atomic mass is 10.3. The number of aromatic nitrogens is 2. The first kappa shape index (κ1) is 15.2. The first-order chi connectivity index (χ1) is 9.21. The van der Waals surface area contributed by atoms with E-state index < -0.39 is 13.8 Å². The Morgan fingerprint density at radius 3 is 2.65 bits per heavy atom. The average Bonchev–Trinajstić information content (AvgIpc) is 2.68. The predicted molar refractivity (Wildman–Crippen MR) is 85.3 cm³/mol. The number of aromatic amines is 1. The summed E-state index contributed by atoms with van der Waals surface area (Å²) in [6, 6.07) is 0. The molecule has 2 aromatic heterocycles. The fraction of sp³-hybridized carbons (Fsp3) is 0.538. The van der Waals surface area contributed by atoms with Gasteiger partial charge in [0.15, 0.2) is 0 Å². The maximum atomic E-state index is 12.4. The van der Waals surface area contributed by atoms with Crippen LogP contribution in [0.5, 0.6) is 0 Å². The second kappa shape index (κ2) is 5.31. The highest BCUT2D eigenvalue weighted by atomic mass is 32.1. The predicted octanol–water partition coefficient (Wildman–Crippen LogP) is 2.30. The van der Waals surface area contributed by atoms with Gasteiger partial charge >= 0.3 is 5.69 Å². The number of ether oxygens (including phenoxy) is 1. The zero-order valence-electron chi connectivity index (χ0n) is 12.4. The molecule has 0 aliphatic heterocycles. The maximum absolute atomic E-state index is 12.4. The topological polar surface area (TPSA) is 64.1 Å². The van der Waals surface area contributed by atoms with Crippen LogP contribution in [0.3, 0.4) is 0 Å². The fourth-order valence-corrected chi connectivity index (χ4v) is 3.25. The number of nitrogens with one attached hydrogen (secondary N) is 1. The van der Waals surface area contributed by atoms with Crippen LogP contribution in [0, 0.1) is 6.92 Å². The molecule has 0 amide bonds.